The maximum absolute atomic E-state index is 13.6. The van der Waals surface area contributed by atoms with Crippen molar-refractivity contribution in [2.24, 2.45) is 5.92 Å². The number of hydrogen-bond donors (Lipinski definition) is 1. The van der Waals surface area contributed by atoms with E-state index in [0.717, 1.165) is 35.4 Å². The Bertz CT molecular complexity index is 1360. The highest BCUT2D eigenvalue weighted by Crippen LogP contribution is 2.51. The van der Waals surface area contributed by atoms with E-state index in [0.29, 0.717) is 25.5 Å². The summed E-state index contributed by atoms with van der Waals surface area (Å²) in [6.45, 7) is 1.90. The molecule has 3 aromatic rings. The molecule has 1 aliphatic carbocycles. The van der Waals surface area contributed by atoms with Crippen molar-refractivity contribution >= 4 is 11.7 Å². The lowest BCUT2D eigenvalue weighted by molar-refractivity contribution is -0.142. The van der Waals surface area contributed by atoms with Crippen molar-refractivity contribution in [2.45, 2.75) is 56.7 Å². The highest BCUT2D eigenvalue weighted by atomic mass is 19.4. The molecule has 2 aromatic heterocycles. The van der Waals surface area contributed by atoms with Crippen LogP contribution in [0.15, 0.2) is 36.8 Å². The van der Waals surface area contributed by atoms with Crippen LogP contribution in [-0.4, -0.2) is 47.5 Å². The van der Waals surface area contributed by atoms with Crippen molar-refractivity contribution < 1.29 is 35.5 Å². The van der Waals surface area contributed by atoms with Crippen LogP contribution in [0.5, 0.6) is 0 Å². The molecule has 38 heavy (non-hydrogen) atoms. The first-order valence-electron chi connectivity index (χ1n) is 11.5. The Balaban J connectivity index is 1.41. The minimum absolute atomic E-state index is 0.00988. The van der Waals surface area contributed by atoms with Crippen molar-refractivity contribution in [3.05, 3.63) is 53.9 Å². The number of benzene rings is 1. The van der Waals surface area contributed by atoms with Crippen molar-refractivity contribution in [1.29, 1.82) is 0 Å². The number of fused-ring (bicyclic) bond motifs is 2. The Morgan fingerprint density at radius 3 is 2.42 bits per heavy atom. The highest BCUT2D eigenvalue weighted by molar-refractivity contribution is 5.92. The third kappa shape index (κ3) is 4.76. The second-order valence-electron chi connectivity index (χ2n) is 9.67. The summed E-state index contributed by atoms with van der Waals surface area (Å²) in [7, 11) is 0. The van der Waals surface area contributed by atoms with E-state index in [1.54, 1.807) is 0 Å². The summed E-state index contributed by atoms with van der Waals surface area (Å²) in [5.41, 5.74) is -3.52. The number of aromatic nitrogens is 5. The molecule has 1 aromatic carbocycles. The Kier molecular flexibility index (Phi) is 6.06. The SMILES string of the molecule is C[C@H]1C[C@H]2C[C@@](Cn3ncc(C(F)(F)F)n3)(C1)N2C(=O)Nc1ccc(C(F)(F)F)c(-c2ncc(F)cn2)c1. The van der Waals surface area contributed by atoms with Gasteiger partial charge >= 0.3 is 18.4 Å². The van der Waals surface area contributed by atoms with Crippen molar-refractivity contribution in [2.75, 3.05) is 5.32 Å². The van der Waals surface area contributed by atoms with Crippen LogP contribution in [0.1, 0.15) is 37.4 Å². The van der Waals surface area contributed by atoms with Crippen LogP contribution in [0.2, 0.25) is 0 Å². The molecule has 8 nitrogen and oxygen atoms in total. The molecule has 202 valence electrons. The lowest BCUT2D eigenvalue weighted by Gasteiger charge is -2.63. The number of nitrogens with zero attached hydrogens (tertiary/aromatic N) is 6. The molecule has 1 N–H and O–H groups in total. The van der Waals surface area contributed by atoms with Gasteiger partial charge in [0.1, 0.15) is 0 Å². The van der Waals surface area contributed by atoms with Gasteiger partial charge in [-0.2, -0.15) is 36.2 Å². The average molecular weight is 543 g/mol. The summed E-state index contributed by atoms with van der Waals surface area (Å²) in [6, 6.07) is 2.05. The standard InChI is InChI=1S/C23H20F7N7O/c1-12-4-15-7-21(6-12,11-36-33-10-18(35-36)23(28,29)30)37(15)20(38)34-14-2-3-17(22(25,26)27)16(5-14)19-31-8-13(24)9-32-19/h2-3,5,8-10,12,15H,4,6-7,11H2,1H3,(H,34,38)/t12-,15-,21+/m0/s1. The van der Waals surface area contributed by atoms with Gasteiger partial charge in [-0.25, -0.2) is 19.2 Å². The number of carbonyl (C=O) groups excluding carboxylic acids is 1. The van der Waals surface area contributed by atoms with Crippen LogP contribution in [0, 0.1) is 11.7 Å². The first kappa shape index (κ1) is 25.9. The van der Waals surface area contributed by atoms with E-state index >= 15 is 0 Å². The number of carbonyl (C=O) groups is 1. The maximum atomic E-state index is 13.6. The predicted octanol–water partition coefficient (Wildman–Crippen LogP) is 5.39. The molecule has 4 heterocycles. The predicted molar refractivity (Wildman–Crippen MR) is 118 cm³/mol. The quantitative estimate of drug-likeness (QED) is 0.446. The summed E-state index contributed by atoms with van der Waals surface area (Å²) in [5, 5.41) is 9.81. The molecule has 1 saturated carbocycles. The monoisotopic (exact) mass is 543 g/mol. The smallest absolute Gasteiger partial charge is 0.314 e. The van der Waals surface area contributed by atoms with Gasteiger partial charge in [-0.1, -0.05) is 6.92 Å². The minimum atomic E-state index is -4.77. The van der Waals surface area contributed by atoms with E-state index in [4.69, 9.17) is 0 Å². The first-order valence-corrected chi connectivity index (χ1v) is 11.5. The second-order valence-corrected chi connectivity index (χ2v) is 9.67. The number of rotatable bonds is 4. The number of piperidine rings is 1. The Morgan fingerprint density at radius 2 is 1.79 bits per heavy atom. The fourth-order valence-electron chi connectivity index (χ4n) is 5.51. The van der Waals surface area contributed by atoms with Crippen LogP contribution >= 0.6 is 0 Å². The van der Waals surface area contributed by atoms with Crippen molar-refractivity contribution in [3.63, 3.8) is 0 Å². The lowest BCUT2D eigenvalue weighted by Crippen LogP contribution is -2.73. The van der Waals surface area contributed by atoms with E-state index < -0.39 is 46.6 Å². The van der Waals surface area contributed by atoms with Gasteiger partial charge in [0.2, 0.25) is 0 Å². The molecule has 3 aliphatic rings. The normalized spacial score (nSPS) is 23.2. The van der Waals surface area contributed by atoms with Crippen LogP contribution in [0.4, 0.5) is 41.2 Å². The number of amides is 2. The van der Waals surface area contributed by atoms with E-state index in [1.807, 2.05) is 6.92 Å². The molecule has 2 bridgehead atoms. The number of nitrogens with one attached hydrogen (secondary N) is 1. The number of hydrogen-bond acceptors (Lipinski definition) is 5. The Hall–Kier alpha value is -3.78. The molecule has 3 fully saturated rings. The van der Waals surface area contributed by atoms with Crippen LogP contribution in [-0.2, 0) is 18.9 Å². The molecule has 2 aliphatic heterocycles. The fraction of sp³-hybridized carbons (Fsp3) is 0.435. The molecule has 6 rings (SSSR count). The Labute approximate surface area is 210 Å². The fourth-order valence-corrected chi connectivity index (χ4v) is 5.51. The van der Waals surface area contributed by atoms with Crippen molar-refractivity contribution in [3.8, 4) is 11.4 Å². The number of alkyl halides is 6. The molecule has 3 atom stereocenters. The zero-order chi connectivity index (χ0) is 27.5. The summed E-state index contributed by atoms with van der Waals surface area (Å²) in [4.78, 5) is 23.0. The van der Waals surface area contributed by atoms with E-state index in [2.05, 4.69) is 25.5 Å². The van der Waals surface area contributed by atoms with Crippen LogP contribution in [0.25, 0.3) is 11.4 Å². The molecular formula is C23H20F7N7O. The molecule has 15 heteroatoms. The van der Waals surface area contributed by atoms with Crippen LogP contribution in [0.3, 0.4) is 0 Å². The van der Waals surface area contributed by atoms with Gasteiger partial charge in [0.05, 0.1) is 36.2 Å². The van der Waals surface area contributed by atoms with Gasteiger partial charge in [0.25, 0.3) is 0 Å². The summed E-state index contributed by atoms with van der Waals surface area (Å²) in [5.74, 6) is -1.03. The number of halogens is 7. The maximum Gasteiger partial charge on any atom is 0.436 e. The van der Waals surface area contributed by atoms with Gasteiger partial charge in [0, 0.05) is 17.3 Å². The summed E-state index contributed by atoms with van der Waals surface area (Å²) >= 11 is 0. The molecule has 0 radical (unpaired) electrons. The van der Waals surface area contributed by atoms with Crippen LogP contribution < -0.4 is 5.32 Å². The van der Waals surface area contributed by atoms with Gasteiger partial charge < -0.3 is 10.2 Å². The molecule has 2 saturated heterocycles. The third-order valence-corrected chi connectivity index (χ3v) is 6.81. The second kappa shape index (κ2) is 8.91. The molecule has 0 spiro atoms. The van der Waals surface area contributed by atoms with E-state index in [1.165, 1.54) is 4.90 Å². The van der Waals surface area contributed by atoms with E-state index in [9.17, 15) is 35.5 Å². The number of urea groups is 1. The largest absolute Gasteiger partial charge is 0.436 e. The lowest BCUT2D eigenvalue weighted by atomic mass is 9.64. The summed E-state index contributed by atoms with van der Waals surface area (Å²) in [6.07, 6.45) is -5.68. The average Bonchev–Trinajstić information content (AvgIpc) is 3.27. The summed E-state index contributed by atoms with van der Waals surface area (Å²) < 4.78 is 93.0. The zero-order valence-electron chi connectivity index (χ0n) is 19.7. The molecule has 2 amide bonds. The molecule has 0 unspecified atom stereocenters. The topological polar surface area (TPSA) is 88.8 Å². The van der Waals surface area contributed by atoms with Gasteiger partial charge in [0.15, 0.2) is 17.3 Å². The highest BCUT2D eigenvalue weighted by Gasteiger charge is 2.58. The zero-order valence-corrected chi connectivity index (χ0v) is 19.7. The third-order valence-electron chi connectivity index (χ3n) is 6.81. The first-order chi connectivity index (χ1) is 17.7. The minimum Gasteiger partial charge on any atom is -0.314 e. The van der Waals surface area contributed by atoms with Crippen molar-refractivity contribution in [1.82, 2.24) is 29.9 Å². The van der Waals surface area contributed by atoms with Gasteiger partial charge in [-0.3, -0.25) is 0 Å². The van der Waals surface area contributed by atoms with E-state index in [-0.39, 0.29) is 30.0 Å². The molecular weight excluding hydrogens is 523 g/mol. The van der Waals surface area contributed by atoms with Gasteiger partial charge in [-0.05, 0) is 43.4 Å². The Morgan fingerprint density at radius 1 is 1.08 bits per heavy atom. The van der Waals surface area contributed by atoms with Gasteiger partial charge in [-0.15, -0.1) is 5.10 Å². The number of anilines is 1.